The Labute approximate surface area is 202 Å². The van der Waals surface area contributed by atoms with Crippen molar-refractivity contribution in [3.8, 4) is 0 Å². The van der Waals surface area contributed by atoms with Gasteiger partial charge in [-0.3, -0.25) is 9.69 Å². The zero-order valence-electron chi connectivity index (χ0n) is 18.7. The van der Waals surface area contributed by atoms with Crippen LogP contribution in [0.1, 0.15) is 33.5 Å². The van der Waals surface area contributed by atoms with Gasteiger partial charge in [-0.15, -0.1) is 11.3 Å². The van der Waals surface area contributed by atoms with Crippen LogP contribution in [0.25, 0.3) is 11.0 Å². The molecule has 1 aliphatic heterocycles. The fourth-order valence-electron chi connectivity index (χ4n) is 4.09. The molecule has 1 aliphatic rings. The summed E-state index contributed by atoms with van der Waals surface area (Å²) < 4.78 is 0. The van der Waals surface area contributed by atoms with E-state index in [9.17, 15) is 4.79 Å². The van der Waals surface area contributed by atoms with E-state index in [-0.39, 0.29) is 5.91 Å². The topological polar surface area (TPSA) is 65.1 Å². The first-order valence-corrected chi connectivity index (χ1v) is 13.2. The highest BCUT2D eigenvalue weighted by Gasteiger charge is 2.24. The number of carbonyl (C=O) groups excluding carboxylic acids is 1. The van der Waals surface area contributed by atoms with Gasteiger partial charge in [0.05, 0.1) is 21.7 Å². The van der Waals surface area contributed by atoms with Crippen molar-refractivity contribution in [1.82, 2.24) is 24.8 Å². The van der Waals surface area contributed by atoms with Crippen molar-refractivity contribution < 1.29 is 4.79 Å². The van der Waals surface area contributed by atoms with E-state index in [0.29, 0.717) is 5.75 Å². The van der Waals surface area contributed by atoms with E-state index in [1.807, 2.05) is 53.4 Å². The number of piperazine rings is 1. The van der Waals surface area contributed by atoms with Crippen LogP contribution in [0.2, 0.25) is 0 Å². The number of hydrogen-bond donors (Lipinski definition) is 1. The first kappa shape index (κ1) is 22.1. The number of rotatable bonds is 7. The molecule has 33 heavy (non-hydrogen) atoms. The maximum Gasteiger partial charge on any atom is 0.254 e. The zero-order valence-corrected chi connectivity index (χ0v) is 20.3. The summed E-state index contributed by atoms with van der Waals surface area (Å²) in [5, 5.41) is 4.23. The third-order valence-corrected chi connectivity index (χ3v) is 7.89. The number of thioether (sulfide) groups is 1. The van der Waals surface area contributed by atoms with Crippen molar-refractivity contribution in [2.24, 2.45) is 0 Å². The van der Waals surface area contributed by atoms with Crippen LogP contribution in [0.3, 0.4) is 0 Å². The molecule has 1 amide bonds. The summed E-state index contributed by atoms with van der Waals surface area (Å²) in [6, 6.07) is 16.0. The second-order valence-corrected chi connectivity index (χ2v) is 10.1. The number of imidazole rings is 1. The summed E-state index contributed by atoms with van der Waals surface area (Å²) >= 11 is 3.37. The van der Waals surface area contributed by atoms with Gasteiger partial charge in [0.1, 0.15) is 0 Å². The van der Waals surface area contributed by atoms with E-state index in [4.69, 9.17) is 0 Å². The van der Waals surface area contributed by atoms with Crippen LogP contribution in [0.4, 0.5) is 0 Å². The SMILES string of the molecule is CCc1nc(CN2CCN(C(=O)c3ccccc3CSc3nc4ccccc4[nH]3)CC2)cs1. The molecule has 2 aromatic carbocycles. The van der Waals surface area contributed by atoms with Crippen molar-refractivity contribution in [3.63, 3.8) is 0 Å². The number of nitrogens with zero attached hydrogens (tertiary/aromatic N) is 4. The Morgan fingerprint density at radius 1 is 1.06 bits per heavy atom. The highest BCUT2D eigenvalue weighted by Crippen LogP contribution is 2.25. The number of hydrogen-bond acceptors (Lipinski definition) is 6. The largest absolute Gasteiger partial charge is 0.336 e. The molecule has 0 aliphatic carbocycles. The molecule has 5 rings (SSSR count). The molecule has 8 heteroatoms. The van der Waals surface area contributed by atoms with Crippen molar-refractivity contribution in [2.45, 2.75) is 30.8 Å². The van der Waals surface area contributed by atoms with Gasteiger partial charge in [-0.25, -0.2) is 9.97 Å². The summed E-state index contributed by atoms with van der Waals surface area (Å²) in [5.74, 6) is 0.822. The number of H-pyrrole nitrogens is 1. The lowest BCUT2D eigenvalue weighted by atomic mass is 10.1. The number of aromatic nitrogens is 3. The molecular weight excluding hydrogens is 450 g/mol. The number of para-hydroxylation sites is 2. The van der Waals surface area contributed by atoms with Gasteiger partial charge >= 0.3 is 0 Å². The van der Waals surface area contributed by atoms with Gasteiger partial charge in [0.2, 0.25) is 0 Å². The molecule has 4 aromatic rings. The highest BCUT2D eigenvalue weighted by atomic mass is 32.2. The quantitative estimate of drug-likeness (QED) is 0.386. The molecule has 0 bridgehead atoms. The predicted molar refractivity (Wildman–Crippen MR) is 135 cm³/mol. The second kappa shape index (κ2) is 10.1. The van der Waals surface area contributed by atoms with Crippen LogP contribution in [-0.4, -0.2) is 56.8 Å². The van der Waals surface area contributed by atoms with E-state index < -0.39 is 0 Å². The molecule has 0 radical (unpaired) electrons. The Balaban J connectivity index is 1.20. The van der Waals surface area contributed by atoms with Gasteiger partial charge in [-0.05, 0) is 30.2 Å². The van der Waals surface area contributed by atoms with Gasteiger partial charge in [-0.2, -0.15) is 0 Å². The fraction of sp³-hybridized carbons (Fsp3) is 0.320. The maximum absolute atomic E-state index is 13.3. The molecule has 1 N–H and O–H groups in total. The smallest absolute Gasteiger partial charge is 0.254 e. The third kappa shape index (κ3) is 5.13. The van der Waals surface area contributed by atoms with Crippen LogP contribution in [0.15, 0.2) is 59.1 Å². The minimum Gasteiger partial charge on any atom is -0.336 e. The van der Waals surface area contributed by atoms with Crippen molar-refractivity contribution in [1.29, 1.82) is 0 Å². The Kier molecular flexibility index (Phi) is 6.75. The summed E-state index contributed by atoms with van der Waals surface area (Å²) in [6.45, 7) is 6.24. The zero-order chi connectivity index (χ0) is 22.6. The number of amides is 1. The maximum atomic E-state index is 13.3. The molecule has 3 heterocycles. The van der Waals surface area contributed by atoms with E-state index in [0.717, 1.165) is 72.2 Å². The molecule has 1 saturated heterocycles. The molecule has 1 fully saturated rings. The Hall–Kier alpha value is -2.68. The molecule has 170 valence electrons. The average molecular weight is 478 g/mol. The van der Waals surface area contributed by atoms with Gasteiger partial charge in [0.25, 0.3) is 5.91 Å². The number of aromatic amines is 1. The second-order valence-electron chi connectivity index (χ2n) is 8.16. The van der Waals surface area contributed by atoms with E-state index in [2.05, 4.69) is 32.2 Å². The highest BCUT2D eigenvalue weighted by molar-refractivity contribution is 7.98. The Bertz CT molecular complexity index is 1210. The minimum absolute atomic E-state index is 0.123. The summed E-state index contributed by atoms with van der Waals surface area (Å²) in [7, 11) is 0. The standard InChI is InChI=1S/C25H27N5OS2/c1-2-23-26-19(17-32-23)15-29-11-13-30(14-12-29)24(31)20-8-4-3-7-18(20)16-33-25-27-21-9-5-6-10-22(21)28-25/h3-10,17H,2,11-16H2,1H3,(H,27,28). The Morgan fingerprint density at radius 3 is 2.64 bits per heavy atom. The van der Waals surface area contributed by atoms with Gasteiger partial charge < -0.3 is 9.88 Å². The molecular formula is C25H27N5OS2. The van der Waals surface area contributed by atoms with Crippen molar-refractivity contribution in [3.05, 3.63) is 75.7 Å². The van der Waals surface area contributed by atoms with Crippen LogP contribution in [0.5, 0.6) is 0 Å². The summed E-state index contributed by atoms with van der Waals surface area (Å²) in [5.41, 5.74) is 4.98. The van der Waals surface area contributed by atoms with Gasteiger partial charge in [0.15, 0.2) is 5.16 Å². The predicted octanol–water partition coefficient (Wildman–Crippen LogP) is 4.83. The third-order valence-electron chi connectivity index (χ3n) is 5.93. The monoisotopic (exact) mass is 477 g/mol. The molecule has 0 unspecified atom stereocenters. The number of nitrogens with one attached hydrogen (secondary N) is 1. The normalized spacial score (nSPS) is 14.8. The molecule has 0 saturated carbocycles. The molecule has 6 nitrogen and oxygen atoms in total. The van der Waals surface area contributed by atoms with Crippen molar-refractivity contribution >= 4 is 40.0 Å². The van der Waals surface area contributed by atoms with Crippen LogP contribution >= 0.6 is 23.1 Å². The van der Waals surface area contributed by atoms with E-state index >= 15 is 0 Å². The minimum atomic E-state index is 0.123. The summed E-state index contributed by atoms with van der Waals surface area (Å²) in [4.78, 5) is 30.4. The van der Waals surface area contributed by atoms with Gasteiger partial charge in [-0.1, -0.05) is 49.0 Å². The lowest BCUT2D eigenvalue weighted by Crippen LogP contribution is -2.48. The van der Waals surface area contributed by atoms with Crippen molar-refractivity contribution in [2.75, 3.05) is 26.2 Å². The fourth-order valence-corrected chi connectivity index (χ4v) is 5.72. The van der Waals surface area contributed by atoms with E-state index in [1.54, 1.807) is 23.1 Å². The van der Waals surface area contributed by atoms with Crippen LogP contribution in [-0.2, 0) is 18.7 Å². The summed E-state index contributed by atoms with van der Waals surface area (Å²) in [6.07, 6.45) is 0.987. The van der Waals surface area contributed by atoms with Gasteiger partial charge in [0, 0.05) is 49.4 Å². The number of fused-ring (bicyclic) bond motifs is 1. The molecule has 2 aromatic heterocycles. The number of aryl methyl sites for hydroxylation is 1. The van der Waals surface area contributed by atoms with E-state index in [1.165, 1.54) is 5.01 Å². The number of benzene rings is 2. The van der Waals surface area contributed by atoms with Crippen LogP contribution < -0.4 is 0 Å². The Morgan fingerprint density at radius 2 is 1.85 bits per heavy atom. The average Bonchev–Trinajstić information content (AvgIpc) is 3.49. The lowest BCUT2D eigenvalue weighted by Gasteiger charge is -2.34. The molecule has 0 atom stereocenters. The first-order chi connectivity index (χ1) is 16.2. The van der Waals surface area contributed by atoms with Crippen LogP contribution in [0, 0.1) is 0 Å². The lowest BCUT2D eigenvalue weighted by molar-refractivity contribution is 0.0626. The number of thiazole rings is 1. The first-order valence-electron chi connectivity index (χ1n) is 11.3. The number of carbonyl (C=O) groups is 1. The molecule has 0 spiro atoms.